The molecule has 4 rings (SSSR count). The van der Waals surface area contributed by atoms with Crippen LogP contribution in [0.2, 0.25) is 0 Å². The summed E-state index contributed by atoms with van der Waals surface area (Å²) in [6, 6.07) is 5.04. The molecule has 4 aromatic rings. The number of nitriles is 1. The van der Waals surface area contributed by atoms with Gasteiger partial charge < -0.3 is 13.6 Å². The smallest absolute Gasteiger partial charge is 0.282 e. The van der Waals surface area contributed by atoms with Crippen LogP contribution in [0.5, 0.6) is 5.75 Å². The molecular formula is C16H9N3O5. The van der Waals surface area contributed by atoms with E-state index in [1.54, 1.807) is 18.2 Å². The molecule has 8 heteroatoms. The molecule has 0 amide bonds. The van der Waals surface area contributed by atoms with E-state index < -0.39 is 11.0 Å². The van der Waals surface area contributed by atoms with Crippen LogP contribution in [0.25, 0.3) is 33.2 Å². The predicted octanol–water partition coefficient (Wildman–Crippen LogP) is 2.10. The second-order valence-electron chi connectivity index (χ2n) is 5.03. The minimum Gasteiger partial charge on any atom is -0.495 e. The lowest BCUT2D eigenvalue weighted by molar-refractivity contribution is 0.423. The first-order chi connectivity index (χ1) is 11.7. The first kappa shape index (κ1) is 13.9. The van der Waals surface area contributed by atoms with E-state index in [-0.39, 0.29) is 27.8 Å². The number of hydrogen-bond acceptors (Lipinski definition) is 6. The molecule has 2 N–H and O–H groups in total. The van der Waals surface area contributed by atoms with Gasteiger partial charge in [0.25, 0.3) is 5.56 Å². The number of hydrogen-bond donors (Lipinski definition) is 2. The first-order valence-corrected chi connectivity index (χ1v) is 6.86. The molecular weight excluding hydrogens is 314 g/mol. The number of benzene rings is 1. The van der Waals surface area contributed by atoms with E-state index in [4.69, 9.17) is 18.8 Å². The summed E-state index contributed by atoms with van der Waals surface area (Å²) in [6.07, 6.45) is 2.67. The minimum absolute atomic E-state index is 0.0542. The monoisotopic (exact) mass is 323 g/mol. The van der Waals surface area contributed by atoms with Crippen LogP contribution in [0, 0.1) is 11.3 Å². The Labute approximate surface area is 132 Å². The molecule has 0 fully saturated rings. The lowest BCUT2D eigenvalue weighted by Crippen LogP contribution is -2.08. The SMILES string of the molecule is COc1c2ccoc2cc2occ(-c3[nH][nH]c(=O)c3C#N)c(=O)c12. The Morgan fingerprint density at radius 2 is 2.04 bits per heavy atom. The van der Waals surface area contributed by atoms with Crippen molar-refractivity contribution >= 4 is 21.9 Å². The third-order valence-corrected chi connectivity index (χ3v) is 3.81. The second kappa shape index (κ2) is 4.89. The molecule has 0 aliphatic rings. The predicted molar refractivity (Wildman–Crippen MR) is 83.9 cm³/mol. The van der Waals surface area contributed by atoms with Crippen molar-refractivity contribution in [1.29, 1.82) is 5.26 Å². The van der Waals surface area contributed by atoms with Crippen molar-refractivity contribution < 1.29 is 13.6 Å². The summed E-state index contributed by atoms with van der Waals surface area (Å²) in [5.74, 6) is 0.309. The summed E-state index contributed by atoms with van der Waals surface area (Å²) < 4.78 is 16.2. The highest BCUT2D eigenvalue weighted by molar-refractivity contribution is 6.02. The number of aromatic amines is 2. The van der Waals surface area contributed by atoms with Crippen LogP contribution in [0.4, 0.5) is 0 Å². The standard InChI is InChI=1S/C16H9N3O5/c1-22-15-7-2-3-23-10(7)4-11-12(15)14(20)9(6-24-11)13-8(5-17)16(21)19-18-13/h2-4,6H,1H3,(H2,18,19,21). The highest BCUT2D eigenvalue weighted by atomic mass is 16.5. The largest absolute Gasteiger partial charge is 0.495 e. The number of nitrogens with zero attached hydrogens (tertiary/aromatic N) is 1. The van der Waals surface area contributed by atoms with Gasteiger partial charge in [0.05, 0.1) is 30.0 Å². The number of methoxy groups -OCH3 is 1. The molecule has 0 saturated carbocycles. The summed E-state index contributed by atoms with van der Waals surface area (Å²) in [4.78, 5) is 24.5. The van der Waals surface area contributed by atoms with E-state index >= 15 is 0 Å². The van der Waals surface area contributed by atoms with Crippen molar-refractivity contribution in [2.24, 2.45) is 0 Å². The molecule has 0 aliphatic heterocycles. The van der Waals surface area contributed by atoms with Crippen LogP contribution in [0.3, 0.4) is 0 Å². The van der Waals surface area contributed by atoms with E-state index in [2.05, 4.69) is 10.2 Å². The summed E-state index contributed by atoms with van der Waals surface area (Å²) >= 11 is 0. The molecule has 24 heavy (non-hydrogen) atoms. The van der Waals surface area contributed by atoms with Crippen molar-refractivity contribution in [1.82, 2.24) is 10.2 Å². The van der Waals surface area contributed by atoms with Gasteiger partial charge in [0.1, 0.15) is 40.2 Å². The van der Waals surface area contributed by atoms with Gasteiger partial charge in [0.2, 0.25) is 5.43 Å². The molecule has 118 valence electrons. The van der Waals surface area contributed by atoms with Gasteiger partial charge in [-0.2, -0.15) is 5.26 Å². The average molecular weight is 323 g/mol. The fraction of sp³-hybridized carbons (Fsp3) is 0.0625. The van der Waals surface area contributed by atoms with Gasteiger partial charge in [0.15, 0.2) is 0 Å². The zero-order valence-corrected chi connectivity index (χ0v) is 12.3. The minimum atomic E-state index is -0.607. The molecule has 0 saturated heterocycles. The van der Waals surface area contributed by atoms with Gasteiger partial charge in [-0.15, -0.1) is 0 Å². The second-order valence-corrected chi connectivity index (χ2v) is 5.03. The number of fused-ring (bicyclic) bond motifs is 2. The van der Waals surface area contributed by atoms with Gasteiger partial charge in [0, 0.05) is 6.07 Å². The number of aromatic nitrogens is 2. The lowest BCUT2D eigenvalue weighted by Gasteiger charge is -2.07. The maximum Gasteiger partial charge on any atom is 0.282 e. The zero-order valence-electron chi connectivity index (χ0n) is 12.3. The third-order valence-electron chi connectivity index (χ3n) is 3.81. The van der Waals surface area contributed by atoms with E-state index in [0.717, 1.165) is 0 Å². The Morgan fingerprint density at radius 3 is 2.79 bits per heavy atom. The third kappa shape index (κ3) is 1.72. The summed E-state index contributed by atoms with van der Waals surface area (Å²) in [6.45, 7) is 0. The van der Waals surface area contributed by atoms with E-state index in [9.17, 15) is 9.59 Å². The van der Waals surface area contributed by atoms with Crippen molar-refractivity contribution in [3.05, 3.63) is 50.8 Å². The van der Waals surface area contributed by atoms with Crippen LogP contribution in [-0.2, 0) is 0 Å². The van der Waals surface area contributed by atoms with Crippen LogP contribution in [0.15, 0.2) is 43.1 Å². The van der Waals surface area contributed by atoms with Crippen molar-refractivity contribution in [3.8, 4) is 23.1 Å². The summed E-state index contributed by atoms with van der Waals surface area (Å²) in [5.41, 5.74) is -0.300. The van der Waals surface area contributed by atoms with Crippen LogP contribution >= 0.6 is 0 Å². The number of nitrogens with one attached hydrogen (secondary N) is 2. The zero-order chi connectivity index (χ0) is 16.8. The van der Waals surface area contributed by atoms with E-state index in [1.165, 1.54) is 19.6 Å². The number of H-pyrrole nitrogens is 2. The molecule has 0 spiro atoms. The Hall–Kier alpha value is -3.73. The van der Waals surface area contributed by atoms with Gasteiger partial charge in [-0.25, -0.2) is 0 Å². The highest BCUT2D eigenvalue weighted by Crippen LogP contribution is 2.34. The van der Waals surface area contributed by atoms with Crippen molar-refractivity contribution in [2.75, 3.05) is 7.11 Å². The van der Waals surface area contributed by atoms with Crippen molar-refractivity contribution in [3.63, 3.8) is 0 Å². The molecule has 8 nitrogen and oxygen atoms in total. The maximum absolute atomic E-state index is 12.9. The molecule has 0 aliphatic carbocycles. The molecule has 3 aromatic heterocycles. The Bertz CT molecular complexity index is 1250. The van der Waals surface area contributed by atoms with Crippen molar-refractivity contribution in [2.45, 2.75) is 0 Å². The Morgan fingerprint density at radius 1 is 1.21 bits per heavy atom. The molecule has 0 radical (unpaired) electrons. The van der Waals surface area contributed by atoms with Gasteiger partial charge in [-0.1, -0.05) is 0 Å². The quantitative estimate of drug-likeness (QED) is 0.582. The van der Waals surface area contributed by atoms with Gasteiger partial charge >= 0.3 is 0 Å². The molecule has 0 bridgehead atoms. The summed E-state index contributed by atoms with van der Waals surface area (Å²) in [7, 11) is 1.44. The Balaban J connectivity index is 2.16. The molecule has 0 atom stereocenters. The normalized spacial score (nSPS) is 11.0. The molecule has 3 heterocycles. The fourth-order valence-electron chi connectivity index (χ4n) is 2.73. The van der Waals surface area contributed by atoms with Gasteiger partial charge in [-0.3, -0.25) is 19.8 Å². The van der Waals surface area contributed by atoms with E-state index in [1.807, 2.05) is 0 Å². The number of furan rings is 1. The van der Waals surface area contributed by atoms with E-state index in [0.29, 0.717) is 16.7 Å². The van der Waals surface area contributed by atoms with Crippen LogP contribution in [-0.4, -0.2) is 17.3 Å². The lowest BCUT2D eigenvalue weighted by atomic mass is 10.1. The highest BCUT2D eigenvalue weighted by Gasteiger charge is 2.21. The fourth-order valence-corrected chi connectivity index (χ4v) is 2.73. The molecule has 0 unspecified atom stereocenters. The summed E-state index contributed by atoms with van der Waals surface area (Å²) in [5, 5.41) is 14.8. The van der Waals surface area contributed by atoms with Crippen LogP contribution in [0.1, 0.15) is 5.56 Å². The molecule has 1 aromatic carbocycles. The van der Waals surface area contributed by atoms with Crippen LogP contribution < -0.4 is 15.7 Å². The first-order valence-electron chi connectivity index (χ1n) is 6.86. The number of ether oxygens (including phenoxy) is 1. The number of rotatable bonds is 2. The Kier molecular flexibility index (Phi) is 2.83. The van der Waals surface area contributed by atoms with Gasteiger partial charge in [-0.05, 0) is 6.07 Å². The maximum atomic E-state index is 12.9. The average Bonchev–Trinajstić information content (AvgIpc) is 3.19. The topological polar surface area (TPSA) is 125 Å².